The monoisotopic (exact) mass is 452 g/mol. The summed E-state index contributed by atoms with van der Waals surface area (Å²) in [4.78, 5) is 10.0. The van der Waals surface area contributed by atoms with Gasteiger partial charge in [0.15, 0.2) is 5.16 Å². The molecule has 2 aliphatic heterocycles. The summed E-state index contributed by atoms with van der Waals surface area (Å²) >= 11 is 1.76. The molecule has 0 radical (unpaired) electrons. The number of allylic oxidation sites excluding steroid dienone is 1. The lowest BCUT2D eigenvalue weighted by Crippen LogP contribution is -2.42. The van der Waals surface area contributed by atoms with Crippen LogP contribution in [0, 0.1) is 23.7 Å². The van der Waals surface area contributed by atoms with E-state index in [0.29, 0.717) is 6.04 Å². The van der Waals surface area contributed by atoms with Gasteiger partial charge in [0.05, 0.1) is 11.0 Å². The summed E-state index contributed by atoms with van der Waals surface area (Å²) in [5.41, 5.74) is 4.61. The van der Waals surface area contributed by atoms with Crippen molar-refractivity contribution in [3.63, 3.8) is 0 Å². The number of benzene rings is 1. The molecule has 2 fully saturated rings. The second kappa shape index (κ2) is 10.8. The average Bonchev–Trinajstić information content (AvgIpc) is 3.18. The minimum absolute atomic E-state index is 0.545. The van der Waals surface area contributed by atoms with Crippen LogP contribution in [0.5, 0.6) is 0 Å². The fourth-order valence-corrected chi connectivity index (χ4v) is 5.88. The quantitative estimate of drug-likeness (QED) is 0.452. The molecule has 0 atom stereocenters. The maximum absolute atomic E-state index is 7.50. The van der Waals surface area contributed by atoms with Crippen LogP contribution < -0.4 is 0 Å². The molecule has 172 valence electrons. The Bertz CT molecular complexity index is 964. The van der Waals surface area contributed by atoms with Crippen LogP contribution in [-0.4, -0.2) is 77.3 Å². The molecule has 2 aromatic rings. The lowest BCUT2D eigenvalue weighted by atomic mass is 9.94. The third-order valence-electron chi connectivity index (χ3n) is 7.03. The Balaban J connectivity index is 1.29. The number of likely N-dealkylation sites (tertiary alicyclic amines) is 2. The normalized spacial score (nSPS) is 20.1. The van der Waals surface area contributed by atoms with E-state index in [4.69, 9.17) is 15.8 Å². The second-order valence-electron chi connectivity index (χ2n) is 9.26. The Morgan fingerprint density at radius 1 is 1.09 bits per heavy atom. The molecule has 2 saturated heterocycles. The molecule has 2 aliphatic rings. The molecule has 4 rings (SSSR count). The predicted molar refractivity (Wildman–Crippen MR) is 136 cm³/mol. The number of nitrogens with zero attached hydrogens (tertiary/aromatic N) is 4. The van der Waals surface area contributed by atoms with Gasteiger partial charge in [-0.2, -0.15) is 0 Å². The zero-order chi connectivity index (χ0) is 22.5. The van der Waals surface area contributed by atoms with Crippen LogP contribution in [0.2, 0.25) is 0 Å². The number of thioether (sulfide) groups is 1. The fraction of sp³-hybridized carbons (Fsp3) is 0.560. The summed E-state index contributed by atoms with van der Waals surface area (Å²) < 4.78 is 2.50. The van der Waals surface area contributed by atoms with Gasteiger partial charge in [-0.1, -0.05) is 17.8 Å². The maximum atomic E-state index is 7.50. The first-order chi connectivity index (χ1) is 15.6. The van der Waals surface area contributed by atoms with E-state index in [2.05, 4.69) is 45.7 Å². The molecule has 0 unspecified atom stereocenters. The molecule has 7 heteroatoms. The number of hydrogen-bond acceptors (Lipinski definition) is 6. The second-order valence-corrected chi connectivity index (χ2v) is 10.0. The SMILES string of the molecule is CSc1nc2cc(C)ccc2n1C1CCN(CC2CCN(C/C(C=N)=C/C=N)CC2)CC1. The van der Waals surface area contributed by atoms with Crippen molar-refractivity contribution in [3.8, 4) is 0 Å². The molecule has 0 saturated carbocycles. The first kappa shape index (κ1) is 23.2. The highest BCUT2D eigenvalue weighted by Crippen LogP contribution is 2.33. The highest BCUT2D eigenvalue weighted by molar-refractivity contribution is 7.98. The van der Waals surface area contributed by atoms with Crippen molar-refractivity contribution >= 4 is 35.2 Å². The van der Waals surface area contributed by atoms with Gasteiger partial charge >= 0.3 is 0 Å². The Hall–Kier alpha value is -1.96. The highest BCUT2D eigenvalue weighted by Gasteiger charge is 2.27. The Labute approximate surface area is 196 Å². The molecular formula is C25H36N6S. The summed E-state index contributed by atoms with van der Waals surface area (Å²) in [6.45, 7) is 8.69. The van der Waals surface area contributed by atoms with Crippen LogP contribution in [0.15, 0.2) is 35.0 Å². The molecule has 2 N–H and O–H groups in total. The number of hydrogen-bond donors (Lipinski definition) is 2. The summed E-state index contributed by atoms with van der Waals surface area (Å²) in [6, 6.07) is 7.21. The smallest absolute Gasteiger partial charge is 0.169 e. The molecule has 1 aromatic heterocycles. The van der Waals surface area contributed by atoms with Crippen molar-refractivity contribution in [1.29, 1.82) is 10.8 Å². The Kier molecular flexibility index (Phi) is 7.81. The molecule has 32 heavy (non-hydrogen) atoms. The first-order valence-corrected chi connectivity index (χ1v) is 13.0. The number of aryl methyl sites for hydroxylation is 1. The van der Waals surface area contributed by atoms with Crippen molar-refractivity contribution in [2.75, 3.05) is 45.5 Å². The topological polar surface area (TPSA) is 72.0 Å². The fourth-order valence-electron chi connectivity index (χ4n) is 5.25. The summed E-state index contributed by atoms with van der Waals surface area (Å²) in [5, 5.41) is 15.9. The van der Waals surface area contributed by atoms with E-state index in [1.54, 1.807) is 17.8 Å². The standard InChI is InChI=1S/C25H36N6S/c1-19-3-4-24-23(15-19)28-25(32-2)31(24)22-8-13-30(14-9-22)17-20-6-11-29(12-7-20)18-21(16-27)5-10-26/h3-5,10,15-16,20,22,26-27H,6-9,11-14,17-18H2,1-2H3/b21-5+,26-10?,27-16?. The van der Waals surface area contributed by atoms with Gasteiger partial charge < -0.3 is 20.3 Å². The summed E-state index contributed by atoms with van der Waals surface area (Å²) in [5.74, 6) is 0.775. The zero-order valence-electron chi connectivity index (χ0n) is 19.4. The highest BCUT2D eigenvalue weighted by atomic mass is 32.2. The minimum atomic E-state index is 0.545. The van der Waals surface area contributed by atoms with E-state index in [1.165, 1.54) is 68.8 Å². The van der Waals surface area contributed by atoms with E-state index >= 15 is 0 Å². The van der Waals surface area contributed by atoms with Gasteiger partial charge in [-0.25, -0.2) is 4.98 Å². The molecule has 0 amide bonds. The molecule has 0 aliphatic carbocycles. The average molecular weight is 453 g/mol. The van der Waals surface area contributed by atoms with Crippen LogP contribution >= 0.6 is 11.8 Å². The van der Waals surface area contributed by atoms with Gasteiger partial charge in [-0.05, 0) is 87.2 Å². The van der Waals surface area contributed by atoms with Crippen molar-refractivity contribution in [2.24, 2.45) is 5.92 Å². The minimum Gasteiger partial charge on any atom is -0.316 e. The number of aromatic nitrogens is 2. The maximum Gasteiger partial charge on any atom is 0.169 e. The van der Waals surface area contributed by atoms with Gasteiger partial charge in [0.1, 0.15) is 0 Å². The number of fused-ring (bicyclic) bond motifs is 1. The number of nitrogens with one attached hydrogen (secondary N) is 2. The van der Waals surface area contributed by atoms with E-state index in [1.807, 2.05) is 0 Å². The van der Waals surface area contributed by atoms with Crippen LogP contribution in [0.4, 0.5) is 0 Å². The number of imidazole rings is 1. The van der Waals surface area contributed by atoms with E-state index in [0.717, 1.165) is 41.8 Å². The summed E-state index contributed by atoms with van der Waals surface area (Å²) in [6.07, 6.45) is 11.4. The molecule has 0 spiro atoms. The lowest BCUT2D eigenvalue weighted by Gasteiger charge is -2.38. The van der Waals surface area contributed by atoms with Gasteiger partial charge in [-0.15, -0.1) is 0 Å². The molecule has 6 nitrogen and oxygen atoms in total. The largest absolute Gasteiger partial charge is 0.316 e. The molecule has 3 heterocycles. The van der Waals surface area contributed by atoms with E-state index in [-0.39, 0.29) is 0 Å². The van der Waals surface area contributed by atoms with Crippen LogP contribution in [0.25, 0.3) is 11.0 Å². The van der Waals surface area contributed by atoms with E-state index in [9.17, 15) is 0 Å². The van der Waals surface area contributed by atoms with Crippen LogP contribution in [-0.2, 0) is 0 Å². The van der Waals surface area contributed by atoms with Crippen molar-refractivity contribution in [3.05, 3.63) is 35.4 Å². The number of rotatable bonds is 8. The van der Waals surface area contributed by atoms with E-state index < -0.39 is 0 Å². The lowest BCUT2D eigenvalue weighted by molar-refractivity contribution is 0.122. The third kappa shape index (κ3) is 5.33. The first-order valence-electron chi connectivity index (χ1n) is 11.8. The molecule has 0 bridgehead atoms. The van der Waals surface area contributed by atoms with Gasteiger partial charge in [0.25, 0.3) is 0 Å². The van der Waals surface area contributed by atoms with Crippen molar-refractivity contribution in [1.82, 2.24) is 19.4 Å². The van der Waals surface area contributed by atoms with Gasteiger partial charge in [0.2, 0.25) is 0 Å². The van der Waals surface area contributed by atoms with Gasteiger partial charge in [-0.3, -0.25) is 4.90 Å². The Morgan fingerprint density at radius 3 is 2.47 bits per heavy atom. The predicted octanol–water partition coefficient (Wildman–Crippen LogP) is 4.64. The third-order valence-corrected chi connectivity index (χ3v) is 7.68. The molecule has 1 aromatic carbocycles. The van der Waals surface area contributed by atoms with Gasteiger partial charge in [0, 0.05) is 44.7 Å². The molecular weight excluding hydrogens is 416 g/mol. The Morgan fingerprint density at radius 2 is 1.81 bits per heavy atom. The van der Waals surface area contributed by atoms with Crippen LogP contribution in [0.3, 0.4) is 0 Å². The number of piperidine rings is 2. The van der Waals surface area contributed by atoms with Crippen molar-refractivity contribution < 1.29 is 0 Å². The summed E-state index contributed by atoms with van der Waals surface area (Å²) in [7, 11) is 0. The van der Waals surface area contributed by atoms with Crippen molar-refractivity contribution in [2.45, 2.75) is 43.8 Å². The zero-order valence-corrected chi connectivity index (χ0v) is 20.2. The van der Waals surface area contributed by atoms with Crippen LogP contribution in [0.1, 0.15) is 37.3 Å².